The summed E-state index contributed by atoms with van der Waals surface area (Å²) in [7, 11) is 0. The molecule has 1 saturated carbocycles. The van der Waals surface area contributed by atoms with E-state index in [2.05, 4.69) is 43.3 Å². The highest BCUT2D eigenvalue weighted by atomic mass is 35.5. The number of amides is 1. The summed E-state index contributed by atoms with van der Waals surface area (Å²) in [4.78, 5) is 21.7. The van der Waals surface area contributed by atoms with Gasteiger partial charge in [-0.2, -0.15) is 0 Å². The molecule has 1 atom stereocenters. The van der Waals surface area contributed by atoms with Crippen LogP contribution in [0.2, 0.25) is 5.02 Å². The molecule has 1 fully saturated rings. The number of nitrogens with zero attached hydrogens (tertiary/aromatic N) is 7. The Labute approximate surface area is 194 Å². The summed E-state index contributed by atoms with van der Waals surface area (Å²) in [5, 5.41) is 11.7. The molecule has 0 saturated heterocycles. The average Bonchev–Trinajstić information content (AvgIpc) is 3.22. The Hall–Kier alpha value is -3.72. The van der Waals surface area contributed by atoms with Crippen molar-refractivity contribution in [2.75, 3.05) is 0 Å². The van der Waals surface area contributed by atoms with Crippen LogP contribution in [0.15, 0.2) is 55.4 Å². The van der Waals surface area contributed by atoms with E-state index in [4.69, 9.17) is 16.6 Å². The van der Waals surface area contributed by atoms with Gasteiger partial charge in [-0.05, 0) is 49.4 Å². The van der Waals surface area contributed by atoms with Gasteiger partial charge in [0.15, 0.2) is 5.69 Å². The van der Waals surface area contributed by atoms with Gasteiger partial charge in [-0.1, -0.05) is 22.9 Å². The van der Waals surface area contributed by atoms with Crippen LogP contribution < -0.4 is 5.32 Å². The second-order valence-corrected chi connectivity index (χ2v) is 8.88. The Bertz CT molecular complexity index is 1490. The average molecular weight is 461 g/mol. The second kappa shape index (κ2) is 7.70. The molecule has 0 radical (unpaired) electrons. The van der Waals surface area contributed by atoms with Gasteiger partial charge >= 0.3 is 0 Å². The lowest BCUT2D eigenvalue weighted by molar-refractivity contribution is 0.0945. The smallest absolute Gasteiger partial charge is 0.273 e. The first-order chi connectivity index (χ1) is 16.0. The van der Waals surface area contributed by atoms with Gasteiger partial charge in [0.1, 0.15) is 5.65 Å². The first kappa shape index (κ1) is 19.9. The highest BCUT2D eigenvalue weighted by Gasteiger charge is 2.24. The van der Waals surface area contributed by atoms with Gasteiger partial charge in [-0.15, -0.1) is 5.10 Å². The summed E-state index contributed by atoms with van der Waals surface area (Å²) in [5.74, 6) is 0.368. The van der Waals surface area contributed by atoms with E-state index in [1.807, 2.05) is 29.8 Å². The summed E-state index contributed by atoms with van der Waals surface area (Å²) in [6, 6.07) is 7.65. The third-order valence-corrected chi connectivity index (χ3v) is 6.34. The Kier molecular flexibility index (Phi) is 4.65. The number of halogens is 1. The number of carbonyl (C=O) groups excluding carboxylic acids is 1. The number of pyridine rings is 2. The number of hydrogen-bond donors (Lipinski definition) is 1. The van der Waals surface area contributed by atoms with Crippen LogP contribution in [-0.4, -0.2) is 39.7 Å². The Morgan fingerprint density at radius 2 is 2.09 bits per heavy atom. The van der Waals surface area contributed by atoms with Crippen molar-refractivity contribution in [2.24, 2.45) is 0 Å². The molecule has 1 aliphatic carbocycles. The molecule has 166 valence electrons. The predicted octanol–water partition coefficient (Wildman–Crippen LogP) is 3.64. The number of rotatable bonds is 6. The first-order valence-electron chi connectivity index (χ1n) is 10.8. The van der Waals surface area contributed by atoms with Crippen molar-refractivity contribution >= 4 is 28.7 Å². The van der Waals surface area contributed by atoms with Crippen LogP contribution in [0.4, 0.5) is 0 Å². The molecular weight excluding hydrogens is 440 g/mol. The normalized spacial score (nSPS) is 14.7. The van der Waals surface area contributed by atoms with Crippen LogP contribution in [0.1, 0.15) is 59.2 Å². The number of imidazole rings is 2. The minimum atomic E-state index is -0.319. The maximum atomic E-state index is 12.7. The molecule has 0 bridgehead atoms. The van der Waals surface area contributed by atoms with Gasteiger partial charge in [0.05, 0.1) is 42.0 Å². The summed E-state index contributed by atoms with van der Waals surface area (Å²) in [6.45, 7) is 2.24. The number of fused-ring (bicyclic) bond motifs is 2. The van der Waals surface area contributed by atoms with Crippen molar-refractivity contribution in [1.29, 1.82) is 0 Å². The fraction of sp³-hybridized carbons (Fsp3) is 0.261. The molecule has 10 heteroatoms. The van der Waals surface area contributed by atoms with Crippen molar-refractivity contribution < 1.29 is 4.79 Å². The number of hydrogen-bond acceptors (Lipinski definition) is 5. The Balaban J connectivity index is 1.17. The molecular formula is C23H21ClN8O. The van der Waals surface area contributed by atoms with Gasteiger partial charge in [0.25, 0.3) is 5.91 Å². The van der Waals surface area contributed by atoms with Crippen LogP contribution in [0.25, 0.3) is 11.2 Å². The van der Waals surface area contributed by atoms with Crippen LogP contribution in [0, 0.1) is 0 Å². The summed E-state index contributed by atoms with van der Waals surface area (Å²) < 4.78 is 5.57. The largest absolute Gasteiger partial charge is 0.345 e. The zero-order valence-corrected chi connectivity index (χ0v) is 18.6. The van der Waals surface area contributed by atoms with Crippen LogP contribution in [0.3, 0.4) is 0 Å². The van der Waals surface area contributed by atoms with Crippen LogP contribution >= 0.6 is 11.6 Å². The van der Waals surface area contributed by atoms with Crippen LogP contribution in [-0.2, 0) is 6.54 Å². The van der Waals surface area contributed by atoms with E-state index in [-0.39, 0.29) is 24.2 Å². The minimum absolute atomic E-state index is 0.164. The molecule has 1 unspecified atom stereocenters. The standard InChI is InChI=1S/C23H21ClN8O/c1-14(19-11-31-10-16(15-2-3-15)4-5-22(31)27-19)32-12-20(28-29-32)23(33)25-9-18-21-8-17(24)6-7-30(21)13-26-18/h4-8,10-15H,2-3,9H2,1H3,(H,25,33). The lowest BCUT2D eigenvalue weighted by Gasteiger charge is -2.07. The summed E-state index contributed by atoms with van der Waals surface area (Å²) in [6.07, 6.45) is 11.9. The Morgan fingerprint density at radius 3 is 2.94 bits per heavy atom. The van der Waals surface area contributed by atoms with Crippen molar-refractivity contribution in [3.63, 3.8) is 0 Å². The molecule has 9 nitrogen and oxygen atoms in total. The van der Waals surface area contributed by atoms with Crippen molar-refractivity contribution in [2.45, 2.75) is 38.3 Å². The van der Waals surface area contributed by atoms with E-state index in [1.165, 1.54) is 18.4 Å². The highest BCUT2D eigenvalue weighted by molar-refractivity contribution is 6.30. The quantitative estimate of drug-likeness (QED) is 0.417. The van der Waals surface area contributed by atoms with E-state index in [1.54, 1.807) is 23.3 Å². The second-order valence-electron chi connectivity index (χ2n) is 8.44. The third-order valence-electron chi connectivity index (χ3n) is 6.11. The molecule has 0 spiro atoms. The highest BCUT2D eigenvalue weighted by Crippen LogP contribution is 2.40. The molecule has 1 aliphatic rings. The SMILES string of the molecule is CC(c1cn2cc(C3CC3)ccc2n1)n1cc(C(=O)NCc2ncn3ccc(Cl)cc23)nn1. The van der Waals surface area contributed by atoms with Crippen molar-refractivity contribution in [1.82, 2.24) is 39.1 Å². The number of carbonyl (C=O) groups is 1. The van der Waals surface area contributed by atoms with Gasteiger partial charge < -0.3 is 14.1 Å². The molecule has 5 heterocycles. The van der Waals surface area contributed by atoms with Gasteiger partial charge in [0.2, 0.25) is 0 Å². The first-order valence-corrected chi connectivity index (χ1v) is 11.2. The zero-order valence-electron chi connectivity index (χ0n) is 17.9. The molecule has 33 heavy (non-hydrogen) atoms. The number of aromatic nitrogens is 7. The molecule has 1 N–H and O–H groups in total. The van der Waals surface area contributed by atoms with Gasteiger partial charge in [-0.3, -0.25) is 4.79 Å². The third kappa shape index (κ3) is 3.74. The zero-order chi connectivity index (χ0) is 22.5. The monoisotopic (exact) mass is 460 g/mol. The van der Waals surface area contributed by atoms with E-state index < -0.39 is 0 Å². The fourth-order valence-corrected chi connectivity index (χ4v) is 4.16. The molecule has 5 aromatic heterocycles. The van der Waals surface area contributed by atoms with Crippen molar-refractivity contribution in [3.05, 3.63) is 83.0 Å². The lowest BCUT2D eigenvalue weighted by atomic mass is 10.2. The molecule has 1 amide bonds. The Morgan fingerprint density at radius 1 is 1.21 bits per heavy atom. The maximum absolute atomic E-state index is 12.7. The van der Waals surface area contributed by atoms with Crippen molar-refractivity contribution in [3.8, 4) is 0 Å². The van der Waals surface area contributed by atoms with E-state index >= 15 is 0 Å². The van der Waals surface area contributed by atoms with E-state index in [0.29, 0.717) is 10.9 Å². The molecule has 5 aromatic rings. The van der Waals surface area contributed by atoms with Gasteiger partial charge in [-0.25, -0.2) is 14.6 Å². The minimum Gasteiger partial charge on any atom is -0.345 e. The van der Waals surface area contributed by atoms with E-state index in [9.17, 15) is 4.79 Å². The van der Waals surface area contributed by atoms with Gasteiger partial charge in [0, 0.05) is 23.6 Å². The van der Waals surface area contributed by atoms with E-state index in [0.717, 1.165) is 22.6 Å². The lowest BCUT2D eigenvalue weighted by Crippen LogP contribution is -2.23. The number of nitrogens with one attached hydrogen (secondary N) is 1. The van der Waals surface area contributed by atoms with Crippen LogP contribution in [0.5, 0.6) is 0 Å². The predicted molar refractivity (Wildman–Crippen MR) is 122 cm³/mol. The molecule has 0 aromatic carbocycles. The summed E-state index contributed by atoms with van der Waals surface area (Å²) in [5.41, 5.74) is 4.92. The maximum Gasteiger partial charge on any atom is 0.273 e. The fourth-order valence-electron chi connectivity index (χ4n) is 4.00. The molecule has 0 aliphatic heterocycles. The molecule has 6 rings (SSSR count). The topological polar surface area (TPSA) is 94.4 Å². The summed E-state index contributed by atoms with van der Waals surface area (Å²) >= 11 is 6.08.